The molecule has 2 atom stereocenters. The maximum absolute atomic E-state index is 11.9. The smallest absolute Gasteiger partial charge is 0.325 e. The van der Waals surface area contributed by atoms with Crippen molar-refractivity contribution in [2.75, 3.05) is 0 Å². The SMILES string of the molecule is O=C(Cc1cc(=O)[nH]c(=O)[nH]1)NC1CCCCCC1O. The number of rotatable bonds is 3. The van der Waals surface area contributed by atoms with Crippen molar-refractivity contribution in [3.05, 3.63) is 32.6 Å². The molecule has 0 bridgehead atoms. The zero-order valence-corrected chi connectivity index (χ0v) is 11.1. The molecule has 2 unspecified atom stereocenters. The monoisotopic (exact) mass is 281 g/mol. The second-order valence-corrected chi connectivity index (χ2v) is 5.17. The Balaban J connectivity index is 1.97. The third-order valence-electron chi connectivity index (χ3n) is 3.49. The molecule has 1 amide bonds. The maximum Gasteiger partial charge on any atom is 0.325 e. The molecule has 1 aliphatic carbocycles. The van der Waals surface area contributed by atoms with Gasteiger partial charge in [0.1, 0.15) is 0 Å². The zero-order valence-electron chi connectivity index (χ0n) is 11.1. The van der Waals surface area contributed by atoms with Gasteiger partial charge in [-0.1, -0.05) is 19.3 Å². The van der Waals surface area contributed by atoms with Crippen molar-refractivity contribution in [1.29, 1.82) is 0 Å². The lowest BCUT2D eigenvalue weighted by atomic mass is 10.1. The van der Waals surface area contributed by atoms with Gasteiger partial charge in [-0.15, -0.1) is 0 Å². The highest BCUT2D eigenvalue weighted by Gasteiger charge is 2.23. The molecule has 1 aliphatic rings. The Morgan fingerprint density at radius 3 is 2.75 bits per heavy atom. The number of aromatic nitrogens is 2. The minimum absolute atomic E-state index is 0.0810. The van der Waals surface area contributed by atoms with E-state index in [-0.39, 0.29) is 24.1 Å². The number of hydrogen-bond donors (Lipinski definition) is 4. The van der Waals surface area contributed by atoms with Crippen LogP contribution in [0.5, 0.6) is 0 Å². The molecule has 1 saturated carbocycles. The van der Waals surface area contributed by atoms with E-state index in [2.05, 4.69) is 10.3 Å². The first-order valence-corrected chi connectivity index (χ1v) is 6.84. The van der Waals surface area contributed by atoms with Crippen molar-refractivity contribution in [2.45, 2.75) is 50.7 Å². The fourth-order valence-electron chi connectivity index (χ4n) is 2.50. The molecule has 1 heterocycles. The molecule has 7 nitrogen and oxygen atoms in total. The van der Waals surface area contributed by atoms with Crippen LogP contribution in [0.3, 0.4) is 0 Å². The van der Waals surface area contributed by atoms with Crippen molar-refractivity contribution < 1.29 is 9.90 Å². The van der Waals surface area contributed by atoms with Crippen LogP contribution in [-0.2, 0) is 11.2 Å². The first kappa shape index (κ1) is 14.5. The van der Waals surface area contributed by atoms with E-state index in [9.17, 15) is 19.5 Å². The van der Waals surface area contributed by atoms with Crippen LogP contribution in [0.2, 0.25) is 0 Å². The summed E-state index contributed by atoms with van der Waals surface area (Å²) < 4.78 is 0. The molecule has 0 saturated heterocycles. The Kier molecular flexibility index (Phi) is 4.73. The third kappa shape index (κ3) is 4.06. The van der Waals surface area contributed by atoms with Gasteiger partial charge in [-0.05, 0) is 12.8 Å². The van der Waals surface area contributed by atoms with E-state index in [0.717, 1.165) is 25.7 Å². The number of aliphatic hydroxyl groups is 1. The largest absolute Gasteiger partial charge is 0.391 e. The van der Waals surface area contributed by atoms with Crippen LogP contribution < -0.4 is 16.6 Å². The maximum atomic E-state index is 11.9. The number of H-pyrrole nitrogens is 2. The summed E-state index contributed by atoms with van der Waals surface area (Å²) in [6, 6.07) is 0.934. The number of aliphatic hydroxyl groups excluding tert-OH is 1. The van der Waals surface area contributed by atoms with E-state index < -0.39 is 17.4 Å². The first-order valence-electron chi connectivity index (χ1n) is 6.84. The molecular weight excluding hydrogens is 262 g/mol. The Bertz CT molecular complexity index is 549. The quantitative estimate of drug-likeness (QED) is 0.554. The summed E-state index contributed by atoms with van der Waals surface area (Å²) in [7, 11) is 0. The number of carbonyl (C=O) groups excluding carboxylic acids is 1. The summed E-state index contributed by atoms with van der Waals surface area (Å²) in [6.45, 7) is 0. The summed E-state index contributed by atoms with van der Waals surface area (Å²) in [5.74, 6) is -0.308. The lowest BCUT2D eigenvalue weighted by Gasteiger charge is -2.21. The summed E-state index contributed by atoms with van der Waals surface area (Å²) >= 11 is 0. The van der Waals surface area contributed by atoms with Gasteiger partial charge < -0.3 is 15.4 Å². The van der Waals surface area contributed by atoms with Crippen LogP contribution in [0.4, 0.5) is 0 Å². The van der Waals surface area contributed by atoms with Gasteiger partial charge >= 0.3 is 5.69 Å². The van der Waals surface area contributed by atoms with Gasteiger partial charge in [-0.3, -0.25) is 14.6 Å². The third-order valence-corrected chi connectivity index (χ3v) is 3.49. The van der Waals surface area contributed by atoms with Gasteiger partial charge in [0, 0.05) is 11.8 Å². The van der Waals surface area contributed by atoms with Crippen LogP contribution in [0.15, 0.2) is 15.7 Å². The van der Waals surface area contributed by atoms with Crippen molar-refractivity contribution in [3.63, 3.8) is 0 Å². The van der Waals surface area contributed by atoms with E-state index in [1.54, 1.807) is 0 Å². The van der Waals surface area contributed by atoms with E-state index >= 15 is 0 Å². The van der Waals surface area contributed by atoms with Gasteiger partial charge in [0.25, 0.3) is 5.56 Å². The van der Waals surface area contributed by atoms with E-state index in [1.807, 2.05) is 4.98 Å². The molecule has 1 fully saturated rings. The van der Waals surface area contributed by atoms with Crippen molar-refractivity contribution in [2.24, 2.45) is 0 Å². The standard InChI is InChI=1S/C13H19N3O4/c17-10-5-3-1-2-4-9(10)15-11(18)6-8-7-12(19)16-13(20)14-8/h7,9-10,17H,1-6H2,(H,15,18)(H2,14,16,19,20). The molecule has 110 valence electrons. The highest BCUT2D eigenvalue weighted by atomic mass is 16.3. The number of aromatic amines is 2. The van der Waals surface area contributed by atoms with E-state index in [1.165, 1.54) is 6.07 Å². The fourth-order valence-corrected chi connectivity index (χ4v) is 2.50. The second-order valence-electron chi connectivity index (χ2n) is 5.17. The Morgan fingerprint density at radius 2 is 2.00 bits per heavy atom. The van der Waals surface area contributed by atoms with Crippen LogP contribution >= 0.6 is 0 Å². The van der Waals surface area contributed by atoms with Crippen LogP contribution in [-0.4, -0.2) is 33.1 Å². The van der Waals surface area contributed by atoms with Gasteiger partial charge in [-0.2, -0.15) is 0 Å². The average Bonchev–Trinajstić information content (AvgIpc) is 2.53. The number of nitrogens with one attached hydrogen (secondary N) is 3. The van der Waals surface area contributed by atoms with Gasteiger partial charge in [0.15, 0.2) is 0 Å². The highest BCUT2D eigenvalue weighted by molar-refractivity contribution is 5.78. The zero-order chi connectivity index (χ0) is 14.5. The molecular formula is C13H19N3O4. The van der Waals surface area contributed by atoms with Gasteiger partial charge in [0.05, 0.1) is 18.6 Å². The van der Waals surface area contributed by atoms with E-state index in [0.29, 0.717) is 6.42 Å². The van der Waals surface area contributed by atoms with Crippen LogP contribution in [0.1, 0.15) is 37.8 Å². The lowest BCUT2D eigenvalue weighted by molar-refractivity contribution is -0.122. The minimum Gasteiger partial charge on any atom is -0.391 e. The number of hydrogen-bond acceptors (Lipinski definition) is 4. The number of carbonyl (C=O) groups is 1. The molecule has 2 rings (SSSR count). The van der Waals surface area contributed by atoms with Gasteiger partial charge in [0.2, 0.25) is 5.91 Å². The number of amides is 1. The predicted octanol–water partition coefficient (Wildman–Crippen LogP) is -0.584. The summed E-state index contributed by atoms with van der Waals surface area (Å²) in [5, 5.41) is 12.7. The average molecular weight is 281 g/mol. The molecule has 4 N–H and O–H groups in total. The van der Waals surface area contributed by atoms with Crippen molar-refractivity contribution in [3.8, 4) is 0 Å². The minimum atomic E-state index is -0.630. The molecule has 0 radical (unpaired) electrons. The molecule has 1 aromatic heterocycles. The van der Waals surface area contributed by atoms with Crippen molar-refractivity contribution in [1.82, 2.24) is 15.3 Å². The normalized spacial score (nSPS) is 23.1. The Morgan fingerprint density at radius 1 is 1.25 bits per heavy atom. The van der Waals surface area contributed by atoms with E-state index in [4.69, 9.17) is 0 Å². The molecule has 0 aromatic carbocycles. The molecule has 0 aliphatic heterocycles. The molecule has 7 heteroatoms. The van der Waals surface area contributed by atoms with Crippen LogP contribution in [0.25, 0.3) is 0 Å². The first-order chi connectivity index (χ1) is 9.54. The molecule has 20 heavy (non-hydrogen) atoms. The van der Waals surface area contributed by atoms with Crippen molar-refractivity contribution >= 4 is 5.91 Å². The fraction of sp³-hybridized carbons (Fsp3) is 0.615. The Labute approximate surface area is 115 Å². The predicted molar refractivity (Wildman–Crippen MR) is 72.4 cm³/mol. The lowest BCUT2D eigenvalue weighted by Crippen LogP contribution is -2.43. The topological polar surface area (TPSA) is 115 Å². The summed E-state index contributed by atoms with van der Waals surface area (Å²) in [4.78, 5) is 38.6. The van der Waals surface area contributed by atoms with Crippen LogP contribution in [0, 0.1) is 0 Å². The molecule has 0 spiro atoms. The summed E-state index contributed by atoms with van der Waals surface area (Å²) in [5.41, 5.74) is -0.903. The summed E-state index contributed by atoms with van der Waals surface area (Å²) in [6.07, 6.45) is 3.83. The Hall–Kier alpha value is -1.89. The molecule has 1 aromatic rings. The van der Waals surface area contributed by atoms with Gasteiger partial charge in [-0.25, -0.2) is 4.79 Å². The second kappa shape index (κ2) is 6.51. The highest BCUT2D eigenvalue weighted by Crippen LogP contribution is 2.18.